The van der Waals surface area contributed by atoms with E-state index >= 15 is 0 Å². The molecule has 2 aromatic carbocycles. The molecule has 2 aromatic rings. The number of amides is 1. The number of phenols is 1. The molecule has 0 spiro atoms. The van der Waals surface area contributed by atoms with E-state index in [1.807, 2.05) is 49.1 Å². The number of ether oxygens (including phenoxy) is 3. The molecule has 1 saturated heterocycles. The lowest BCUT2D eigenvalue weighted by Crippen LogP contribution is -2.43. The van der Waals surface area contributed by atoms with Gasteiger partial charge in [0.15, 0.2) is 11.5 Å². The van der Waals surface area contributed by atoms with E-state index in [1.54, 1.807) is 27.4 Å². The summed E-state index contributed by atoms with van der Waals surface area (Å²) in [5, 5.41) is 9.93. The Morgan fingerprint density at radius 3 is 2.48 bits per heavy atom. The minimum absolute atomic E-state index is 0.00741. The molecule has 180 valence electrons. The van der Waals surface area contributed by atoms with Crippen molar-refractivity contribution in [3.8, 4) is 17.2 Å². The predicted octanol–water partition coefficient (Wildman–Crippen LogP) is 3.51. The summed E-state index contributed by atoms with van der Waals surface area (Å²) in [7, 11) is 4.81. The van der Waals surface area contributed by atoms with Gasteiger partial charge in [-0.2, -0.15) is 0 Å². The van der Waals surface area contributed by atoms with Crippen LogP contribution in [0.5, 0.6) is 17.2 Å². The summed E-state index contributed by atoms with van der Waals surface area (Å²) in [5.41, 5.74) is 2.24. The largest absolute Gasteiger partial charge is 0.504 e. The van der Waals surface area contributed by atoms with E-state index in [4.69, 9.17) is 14.2 Å². The van der Waals surface area contributed by atoms with Crippen LogP contribution in [0, 0.1) is 5.92 Å². The van der Waals surface area contributed by atoms with E-state index < -0.39 is 0 Å². The molecule has 1 fully saturated rings. The van der Waals surface area contributed by atoms with Crippen molar-refractivity contribution in [1.82, 2.24) is 9.80 Å². The highest BCUT2D eigenvalue weighted by Gasteiger charge is 2.37. The fourth-order valence-electron chi connectivity index (χ4n) is 4.74. The number of hydrogen-bond acceptors (Lipinski definition) is 6. The molecule has 1 amide bonds. The van der Waals surface area contributed by atoms with Gasteiger partial charge >= 0.3 is 0 Å². The molecule has 2 atom stereocenters. The molecule has 1 N–H and O–H groups in total. The van der Waals surface area contributed by atoms with E-state index in [0.29, 0.717) is 12.3 Å². The summed E-state index contributed by atoms with van der Waals surface area (Å²) in [4.78, 5) is 17.1. The lowest BCUT2D eigenvalue weighted by molar-refractivity contribution is -0.137. The van der Waals surface area contributed by atoms with Crippen LogP contribution < -0.4 is 9.47 Å². The minimum Gasteiger partial charge on any atom is -0.504 e. The van der Waals surface area contributed by atoms with Gasteiger partial charge in [0.2, 0.25) is 5.91 Å². The number of benzene rings is 2. The van der Waals surface area contributed by atoms with E-state index in [2.05, 4.69) is 11.0 Å². The first-order valence-corrected chi connectivity index (χ1v) is 11.4. The molecule has 1 heterocycles. The van der Waals surface area contributed by atoms with Crippen molar-refractivity contribution in [1.29, 1.82) is 0 Å². The molecule has 0 radical (unpaired) electrons. The number of phenolic OH excluding ortho intramolecular Hbond substituents is 1. The maximum atomic E-state index is 12.7. The first kappa shape index (κ1) is 24.9. The first-order chi connectivity index (χ1) is 15.9. The van der Waals surface area contributed by atoms with Crippen LogP contribution in [-0.4, -0.2) is 74.4 Å². The standard InChI is InChI=1S/C26H36N2O5/c1-18(2)28(26(30)17-31-3)15-20-14-27(13-19-10-11-23(29)25(12-19)33-5)16-22(20)21-8-6-7-9-24(21)32-4/h6-12,18,20,22,29H,13-17H2,1-5H3. The highest BCUT2D eigenvalue weighted by atomic mass is 16.5. The summed E-state index contributed by atoms with van der Waals surface area (Å²) < 4.78 is 16.1. The van der Waals surface area contributed by atoms with Crippen molar-refractivity contribution < 1.29 is 24.1 Å². The van der Waals surface area contributed by atoms with Gasteiger partial charge < -0.3 is 24.2 Å². The number of nitrogens with zero attached hydrogens (tertiary/aromatic N) is 2. The minimum atomic E-state index is 0.00741. The lowest BCUT2D eigenvalue weighted by atomic mass is 9.87. The Hall–Kier alpha value is -2.77. The molecule has 2 unspecified atom stereocenters. The van der Waals surface area contributed by atoms with Crippen molar-refractivity contribution in [2.45, 2.75) is 32.4 Å². The third-order valence-corrected chi connectivity index (χ3v) is 6.35. The summed E-state index contributed by atoms with van der Waals surface area (Å²) in [6, 6.07) is 13.7. The van der Waals surface area contributed by atoms with Gasteiger partial charge in [-0.25, -0.2) is 0 Å². The highest BCUT2D eigenvalue weighted by molar-refractivity contribution is 5.77. The SMILES string of the molecule is COCC(=O)N(CC1CN(Cc2ccc(O)c(OC)c2)CC1c1ccccc1OC)C(C)C. The van der Waals surface area contributed by atoms with Crippen LogP contribution in [0.2, 0.25) is 0 Å². The Balaban J connectivity index is 1.87. The number of carbonyl (C=O) groups excluding carboxylic acids is 1. The van der Waals surface area contributed by atoms with Crippen molar-refractivity contribution in [2.24, 2.45) is 5.92 Å². The Kier molecular flexibility index (Phi) is 8.58. The molecule has 3 rings (SSSR count). The molecule has 1 aliphatic heterocycles. The molecule has 0 saturated carbocycles. The number of methoxy groups -OCH3 is 3. The van der Waals surface area contributed by atoms with Crippen LogP contribution in [0.15, 0.2) is 42.5 Å². The van der Waals surface area contributed by atoms with Crippen LogP contribution >= 0.6 is 0 Å². The number of hydrogen-bond donors (Lipinski definition) is 1. The molecule has 0 aromatic heterocycles. The Morgan fingerprint density at radius 1 is 1.09 bits per heavy atom. The van der Waals surface area contributed by atoms with Gasteiger partial charge in [-0.3, -0.25) is 9.69 Å². The zero-order valence-electron chi connectivity index (χ0n) is 20.3. The monoisotopic (exact) mass is 456 g/mol. The Labute approximate surface area is 196 Å². The lowest BCUT2D eigenvalue weighted by Gasteiger charge is -2.31. The molecule has 0 aliphatic carbocycles. The quantitative estimate of drug-likeness (QED) is 0.590. The van der Waals surface area contributed by atoms with Crippen LogP contribution in [0.3, 0.4) is 0 Å². The van der Waals surface area contributed by atoms with Crippen LogP contribution in [0.25, 0.3) is 0 Å². The highest BCUT2D eigenvalue weighted by Crippen LogP contribution is 2.39. The maximum Gasteiger partial charge on any atom is 0.248 e. The van der Waals surface area contributed by atoms with E-state index in [9.17, 15) is 9.90 Å². The number of likely N-dealkylation sites (tertiary alicyclic amines) is 1. The number of rotatable bonds is 10. The van der Waals surface area contributed by atoms with E-state index in [0.717, 1.165) is 30.9 Å². The Morgan fingerprint density at radius 2 is 1.82 bits per heavy atom. The second-order valence-corrected chi connectivity index (χ2v) is 8.88. The normalized spacial score (nSPS) is 18.5. The van der Waals surface area contributed by atoms with Crippen LogP contribution in [-0.2, 0) is 16.1 Å². The van der Waals surface area contributed by atoms with Gasteiger partial charge in [0.05, 0.1) is 14.2 Å². The summed E-state index contributed by atoms with van der Waals surface area (Å²) >= 11 is 0. The zero-order valence-corrected chi connectivity index (χ0v) is 20.3. The fraction of sp³-hybridized carbons (Fsp3) is 0.500. The molecular weight excluding hydrogens is 420 g/mol. The fourth-order valence-corrected chi connectivity index (χ4v) is 4.74. The van der Waals surface area contributed by atoms with Crippen molar-refractivity contribution in [3.05, 3.63) is 53.6 Å². The molecule has 0 bridgehead atoms. The summed E-state index contributed by atoms with van der Waals surface area (Å²) in [5.74, 6) is 1.95. The second-order valence-electron chi connectivity index (χ2n) is 8.88. The third kappa shape index (κ3) is 5.97. The van der Waals surface area contributed by atoms with Gasteiger partial charge in [0, 0.05) is 45.2 Å². The van der Waals surface area contributed by atoms with Gasteiger partial charge in [-0.15, -0.1) is 0 Å². The number of para-hydroxylation sites is 1. The smallest absolute Gasteiger partial charge is 0.248 e. The van der Waals surface area contributed by atoms with Gasteiger partial charge in [-0.05, 0) is 49.1 Å². The topological polar surface area (TPSA) is 71.5 Å². The number of carbonyl (C=O) groups is 1. The first-order valence-electron chi connectivity index (χ1n) is 11.4. The van der Waals surface area contributed by atoms with Crippen molar-refractivity contribution in [2.75, 3.05) is 47.6 Å². The van der Waals surface area contributed by atoms with Crippen molar-refractivity contribution >= 4 is 5.91 Å². The van der Waals surface area contributed by atoms with Gasteiger partial charge in [0.25, 0.3) is 0 Å². The zero-order chi connectivity index (χ0) is 24.0. The van der Waals surface area contributed by atoms with Gasteiger partial charge in [0.1, 0.15) is 12.4 Å². The molecule has 33 heavy (non-hydrogen) atoms. The Bertz CT molecular complexity index is 933. The van der Waals surface area contributed by atoms with Crippen LogP contribution in [0.4, 0.5) is 0 Å². The number of aromatic hydroxyl groups is 1. The maximum absolute atomic E-state index is 12.7. The van der Waals surface area contributed by atoms with E-state index in [-0.39, 0.29) is 36.1 Å². The van der Waals surface area contributed by atoms with Crippen molar-refractivity contribution in [3.63, 3.8) is 0 Å². The summed E-state index contributed by atoms with van der Waals surface area (Å²) in [6.07, 6.45) is 0. The van der Waals surface area contributed by atoms with Crippen LogP contribution in [0.1, 0.15) is 30.9 Å². The summed E-state index contributed by atoms with van der Waals surface area (Å²) in [6.45, 7) is 7.24. The second kappa shape index (κ2) is 11.4. The average Bonchev–Trinajstić information content (AvgIpc) is 3.20. The predicted molar refractivity (Wildman–Crippen MR) is 128 cm³/mol. The molecule has 7 nitrogen and oxygen atoms in total. The molecule has 7 heteroatoms. The molecular formula is C26H36N2O5. The average molecular weight is 457 g/mol. The molecule has 1 aliphatic rings. The van der Waals surface area contributed by atoms with Gasteiger partial charge in [-0.1, -0.05) is 24.3 Å². The van der Waals surface area contributed by atoms with E-state index in [1.165, 1.54) is 5.56 Å². The third-order valence-electron chi connectivity index (χ3n) is 6.35.